The van der Waals surface area contributed by atoms with Gasteiger partial charge in [-0.3, -0.25) is 4.79 Å². The number of carbonyl (C=O) groups is 2. The Morgan fingerprint density at radius 1 is 1.07 bits per heavy atom. The molecule has 1 aliphatic heterocycles. The summed E-state index contributed by atoms with van der Waals surface area (Å²) in [6.07, 6.45) is 0.975. The predicted molar refractivity (Wildman–Crippen MR) is 110 cm³/mol. The van der Waals surface area contributed by atoms with E-state index in [0.717, 1.165) is 24.1 Å². The first-order chi connectivity index (χ1) is 14.1. The number of carbonyl (C=O) groups excluding carboxylic acids is 2. The molecule has 3 rings (SSSR count). The smallest absolute Gasteiger partial charge is 0.315 e. The molecule has 3 N–H and O–H groups in total. The molecule has 2 aromatic carbocycles. The van der Waals surface area contributed by atoms with Crippen molar-refractivity contribution in [2.24, 2.45) is 0 Å². The van der Waals surface area contributed by atoms with Gasteiger partial charge in [0.05, 0.1) is 12.6 Å². The number of urea groups is 1. The molecule has 1 fully saturated rings. The molecule has 0 aliphatic carbocycles. The average molecular weight is 398 g/mol. The van der Waals surface area contributed by atoms with Crippen LogP contribution in [0.4, 0.5) is 9.18 Å². The zero-order valence-electron chi connectivity index (χ0n) is 16.6. The number of amides is 3. The lowest BCUT2D eigenvalue weighted by atomic mass is 10.0. The molecule has 1 atom stereocenters. The van der Waals surface area contributed by atoms with E-state index in [4.69, 9.17) is 0 Å². The molecule has 1 heterocycles. The number of benzene rings is 2. The lowest BCUT2D eigenvalue weighted by Gasteiger charge is -2.36. The molecule has 0 spiro atoms. The molecule has 0 bridgehead atoms. The number of piperazine rings is 1. The number of hydrogen-bond acceptors (Lipinski definition) is 3. The van der Waals surface area contributed by atoms with E-state index < -0.39 is 6.03 Å². The van der Waals surface area contributed by atoms with Gasteiger partial charge in [-0.15, -0.1) is 0 Å². The summed E-state index contributed by atoms with van der Waals surface area (Å²) in [5.41, 5.74) is 3.13. The van der Waals surface area contributed by atoms with Gasteiger partial charge in [-0.25, -0.2) is 9.18 Å². The maximum absolute atomic E-state index is 12.9. The van der Waals surface area contributed by atoms with E-state index in [0.29, 0.717) is 13.1 Å². The van der Waals surface area contributed by atoms with Gasteiger partial charge in [-0.2, -0.15) is 0 Å². The summed E-state index contributed by atoms with van der Waals surface area (Å²) in [5, 5.41) is 8.63. The fraction of sp³-hybridized carbons (Fsp3) is 0.364. The monoisotopic (exact) mass is 398 g/mol. The number of halogens is 1. The highest BCUT2D eigenvalue weighted by atomic mass is 19.1. The highest BCUT2D eigenvalue weighted by Gasteiger charge is 2.27. The molecule has 154 valence electrons. The van der Waals surface area contributed by atoms with Gasteiger partial charge in [0.2, 0.25) is 5.91 Å². The van der Waals surface area contributed by atoms with Crippen molar-refractivity contribution in [3.8, 4) is 0 Å². The van der Waals surface area contributed by atoms with Gasteiger partial charge < -0.3 is 20.9 Å². The Labute approximate surface area is 170 Å². The quantitative estimate of drug-likeness (QED) is 0.699. The summed E-state index contributed by atoms with van der Waals surface area (Å²) in [7, 11) is 0. The number of hydrogen-bond donors (Lipinski definition) is 3. The van der Waals surface area contributed by atoms with Gasteiger partial charge in [0.25, 0.3) is 0 Å². The first-order valence-electron chi connectivity index (χ1n) is 9.92. The Morgan fingerprint density at radius 2 is 1.76 bits per heavy atom. The minimum Gasteiger partial charge on any atom is -0.334 e. The van der Waals surface area contributed by atoms with Crippen LogP contribution >= 0.6 is 0 Å². The molecular weight excluding hydrogens is 371 g/mol. The van der Waals surface area contributed by atoms with Crippen LogP contribution < -0.4 is 16.0 Å². The molecule has 6 nitrogen and oxygen atoms in total. The molecule has 0 aromatic heterocycles. The third-order valence-electron chi connectivity index (χ3n) is 5.10. The van der Waals surface area contributed by atoms with Crippen LogP contribution in [0.25, 0.3) is 0 Å². The van der Waals surface area contributed by atoms with Gasteiger partial charge in [0.15, 0.2) is 0 Å². The third kappa shape index (κ3) is 5.77. The van der Waals surface area contributed by atoms with E-state index in [9.17, 15) is 14.0 Å². The van der Waals surface area contributed by atoms with Crippen LogP contribution in [0.1, 0.15) is 29.7 Å². The van der Waals surface area contributed by atoms with E-state index in [1.165, 1.54) is 17.7 Å². The van der Waals surface area contributed by atoms with Crippen molar-refractivity contribution in [3.63, 3.8) is 0 Å². The second-order valence-electron chi connectivity index (χ2n) is 7.06. The lowest BCUT2D eigenvalue weighted by molar-refractivity contribution is -0.133. The van der Waals surface area contributed by atoms with Crippen molar-refractivity contribution in [2.75, 3.05) is 26.2 Å². The van der Waals surface area contributed by atoms with Crippen molar-refractivity contribution in [3.05, 3.63) is 71.0 Å². The molecule has 1 unspecified atom stereocenters. The highest BCUT2D eigenvalue weighted by molar-refractivity contribution is 5.84. The average Bonchev–Trinajstić information content (AvgIpc) is 2.77. The third-order valence-corrected chi connectivity index (χ3v) is 5.10. The Hall–Kier alpha value is -2.93. The molecule has 1 aliphatic rings. The fourth-order valence-electron chi connectivity index (χ4n) is 3.38. The van der Waals surface area contributed by atoms with Crippen molar-refractivity contribution < 1.29 is 14.0 Å². The molecule has 29 heavy (non-hydrogen) atoms. The molecule has 0 saturated carbocycles. The molecule has 2 aromatic rings. The first kappa shape index (κ1) is 20.8. The molecule has 0 radical (unpaired) electrons. The van der Waals surface area contributed by atoms with Crippen molar-refractivity contribution in [1.29, 1.82) is 0 Å². The zero-order chi connectivity index (χ0) is 20.6. The molecule has 3 amide bonds. The van der Waals surface area contributed by atoms with Gasteiger partial charge in [0, 0.05) is 26.2 Å². The summed E-state index contributed by atoms with van der Waals surface area (Å²) in [6.45, 7) is 4.32. The predicted octanol–water partition coefficient (Wildman–Crippen LogP) is 2.36. The standard InChI is InChI=1S/C22H27FN4O2/c1-2-16-3-7-18(8-4-16)20-14-24-11-12-27(20)21(28)15-26-22(29)25-13-17-5-9-19(23)10-6-17/h3-10,20,24H,2,11-15H2,1H3,(H2,25,26,29). The van der Waals surface area contributed by atoms with E-state index in [-0.39, 0.29) is 30.9 Å². The lowest BCUT2D eigenvalue weighted by Crippen LogP contribution is -2.52. The van der Waals surface area contributed by atoms with Gasteiger partial charge in [0.1, 0.15) is 5.82 Å². The summed E-state index contributed by atoms with van der Waals surface area (Å²) >= 11 is 0. The summed E-state index contributed by atoms with van der Waals surface area (Å²) < 4.78 is 12.9. The fourth-order valence-corrected chi connectivity index (χ4v) is 3.38. The van der Waals surface area contributed by atoms with E-state index in [1.54, 1.807) is 12.1 Å². The van der Waals surface area contributed by atoms with Crippen LogP contribution in [0.2, 0.25) is 0 Å². The summed E-state index contributed by atoms with van der Waals surface area (Å²) in [6, 6.07) is 13.7. The summed E-state index contributed by atoms with van der Waals surface area (Å²) in [4.78, 5) is 26.6. The molecular formula is C22H27FN4O2. The Kier molecular flexibility index (Phi) is 7.19. The van der Waals surface area contributed by atoms with Crippen LogP contribution in [0.3, 0.4) is 0 Å². The van der Waals surface area contributed by atoms with E-state index in [2.05, 4.69) is 47.1 Å². The van der Waals surface area contributed by atoms with Gasteiger partial charge in [-0.1, -0.05) is 43.3 Å². The van der Waals surface area contributed by atoms with Crippen molar-refractivity contribution in [1.82, 2.24) is 20.9 Å². The maximum atomic E-state index is 12.9. The van der Waals surface area contributed by atoms with Crippen molar-refractivity contribution >= 4 is 11.9 Å². The first-order valence-corrected chi connectivity index (χ1v) is 9.92. The Balaban J connectivity index is 1.52. The van der Waals surface area contributed by atoms with Crippen molar-refractivity contribution in [2.45, 2.75) is 25.9 Å². The Morgan fingerprint density at radius 3 is 2.45 bits per heavy atom. The number of aryl methyl sites for hydroxylation is 1. The van der Waals surface area contributed by atoms with Crippen LogP contribution in [0.15, 0.2) is 48.5 Å². The zero-order valence-corrected chi connectivity index (χ0v) is 16.6. The topological polar surface area (TPSA) is 73.5 Å². The van der Waals surface area contributed by atoms with E-state index >= 15 is 0 Å². The van der Waals surface area contributed by atoms with Gasteiger partial charge >= 0.3 is 6.03 Å². The van der Waals surface area contributed by atoms with E-state index in [1.807, 2.05) is 4.90 Å². The van der Waals surface area contributed by atoms with Crippen LogP contribution in [-0.2, 0) is 17.8 Å². The highest BCUT2D eigenvalue weighted by Crippen LogP contribution is 2.22. The number of nitrogens with one attached hydrogen (secondary N) is 3. The van der Waals surface area contributed by atoms with Gasteiger partial charge in [-0.05, 0) is 35.2 Å². The SMILES string of the molecule is CCc1ccc(C2CNCCN2C(=O)CNC(=O)NCc2ccc(F)cc2)cc1. The number of nitrogens with zero attached hydrogens (tertiary/aromatic N) is 1. The molecule has 1 saturated heterocycles. The second-order valence-corrected chi connectivity index (χ2v) is 7.06. The van der Waals surface area contributed by atoms with Crippen LogP contribution in [0, 0.1) is 5.82 Å². The largest absolute Gasteiger partial charge is 0.334 e. The maximum Gasteiger partial charge on any atom is 0.315 e. The second kappa shape index (κ2) is 10.0. The number of rotatable bonds is 6. The van der Waals surface area contributed by atoms with Crippen LogP contribution in [0.5, 0.6) is 0 Å². The minimum atomic E-state index is -0.429. The van der Waals surface area contributed by atoms with Crippen LogP contribution in [-0.4, -0.2) is 43.0 Å². The molecule has 7 heteroatoms. The normalized spacial score (nSPS) is 16.3. The summed E-state index contributed by atoms with van der Waals surface area (Å²) in [5.74, 6) is -0.438. The minimum absolute atomic E-state index is 0.0498. The Bertz CT molecular complexity index is 824.